The zero-order valence-electron chi connectivity index (χ0n) is 13.7. The van der Waals surface area contributed by atoms with Crippen LogP contribution in [0.5, 0.6) is 0 Å². The zero-order valence-corrected chi connectivity index (χ0v) is 13.7. The largest absolute Gasteiger partial charge is 0.352 e. The van der Waals surface area contributed by atoms with E-state index in [1.807, 2.05) is 11.0 Å². The summed E-state index contributed by atoms with van der Waals surface area (Å²) in [7, 11) is 2.98. The number of rotatable bonds is 3. The molecular formula is C15H19N7O2. The lowest BCUT2D eigenvalue weighted by molar-refractivity contribution is 0.391. The number of nitrogens with zero attached hydrogens (tertiary/aromatic N) is 7. The highest BCUT2D eigenvalue weighted by Crippen LogP contribution is 2.26. The molecule has 9 heteroatoms. The molecule has 9 nitrogen and oxygen atoms in total. The summed E-state index contributed by atoms with van der Waals surface area (Å²) in [5.41, 5.74) is -0.982. The van der Waals surface area contributed by atoms with Crippen LogP contribution in [0.1, 0.15) is 24.8 Å². The number of hydrogen-bond donors (Lipinski definition) is 0. The highest BCUT2D eigenvalue weighted by atomic mass is 16.2. The highest BCUT2D eigenvalue weighted by Gasteiger charge is 2.29. The molecule has 0 aromatic carbocycles. The van der Waals surface area contributed by atoms with Crippen LogP contribution in [0.3, 0.4) is 0 Å². The molecule has 126 valence electrons. The summed E-state index contributed by atoms with van der Waals surface area (Å²) in [6.45, 7) is 1.28. The lowest BCUT2D eigenvalue weighted by Gasteiger charge is -2.38. The van der Waals surface area contributed by atoms with Gasteiger partial charge in [0.05, 0.1) is 12.6 Å². The molecular weight excluding hydrogens is 310 g/mol. The Labute approximate surface area is 138 Å². The van der Waals surface area contributed by atoms with E-state index in [1.165, 1.54) is 17.9 Å². The fourth-order valence-corrected chi connectivity index (χ4v) is 3.28. The van der Waals surface area contributed by atoms with Crippen molar-refractivity contribution in [2.75, 3.05) is 11.4 Å². The number of anilines is 1. The number of nitriles is 1. The summed E-state index contributed by atoms with van der Waals surface area (Å²) in [5, 5.41) is 13.6. The molecule has 24 heavy (non-hydrogen) atoms. The first-order chi connectivity index (χ1) is 11.5. The fraction of sp³-hybridized carbons (Fsp3) is 0.533. The van der Waals surface area contributed by atoms with E-state index in [0.29, 0.717) is 18.9 Å². The molecule has 0 amide bonds. The first-order valence-corrected chi connectivity index (χ1v) is 7.83. The third-order valence-electron chi connectivity index (χ3n) is 4.51. The van der Waals surface area contributed by atoms with Crippen molar-refractivity contribution in [3.8, 4) is 6.07 Å². The quantitative estimate of drug-likeness (QED) is 0.760. The van der Waals surface area contributed by atoms with Gasteiger partial charge in [0.2, 0.25) is 0 Å². The van der Waals surface area contributed by atoms with Gasteiger partial charge in [-0.15, -0.1) is 0 Å². The van der Waals surface area contributed by atoms with Crippen LogP contribution in [0.4, 0.5) is 5.82 Å². The van der Waals surface area contributed by atoms with Crippen LogP contribution >= 0.6 is 0 Å². The van der Waals surface area contributed by atoms with Crippen molar-refractivity contribution in [2.24, 2.45) is 14.1 Å². The average molecular weight is 329 g/mol. The average Bonchev–Trinajstić information content (AvgIpc) is 3.10. The first-order valence-electron chi connectivity index (χ1n) is 7.83. The van der Waals surface area contributed by atoms with Crippen molar-refractivity contribution < 1.29 is 0 Å². The van der Waals surface area contributed by atoms with Gasteiger partial charge in [0.1, 0.15) is 24.5 Å². The van der Waals surface area contributed by atoms with Crippen molar-refractivity contribution in [1.82, 2.24) is 23.9 Å². The van der Waals surface area contributed by atoms with Gasteiger partial charge in [0.15, 0.2) is 5.56 Å². The fourth-order valence-electron chi connectivity index (χ4n) is 3.28. The molecule has 0 unspecified atom stereocenters. The molecule has 2 aromatic heterocycles. The lowest BCUT2D eigenvalue weighted by atomic mass is 10.0. The Morgan fingerprint density at radius 3 is 2.75 bits per heavy atom. The second-order valence-corrected chi connectivity index (χ2v) is 5.98. The number of aromatic nitrogens is 5. The molecule has 1 aliphatic heterocycles. The molecule has 0 N–H and O–H groups in total. The van der Waals surface area contributed by atoms with Gasteiger partial charge in [-0.1, -0.05) is 0 Å². The minimum atomic E-state index is -0.555. The molecule has 0 saturated carbocycles. The van der Waals surface area contributed by atoms with E-state index < -0.39 is 11.2 Å². The smallest absolute Gasteiger partial charge is 0.332 e. The standard InChI is InChI=1S/C15H19N7O2/c1-19-13(12(7-16)14(23)20(2)15(19)24)22-6-4-3-5-11(22)8-21-10-17-9-18-21/h9-11H,3-6,8H2,1-2H3/t11-/m1/s1. The second kappa shape index (κ2) is 6.31. The van der Waals surface area contributed by atoms with Gasteiger partial charge in [-0.3, -0.25) is 18.6 Å². The summed E-state index contributed by atoms with van der Waals surface area (Å²) < 4.78 is 4.09. The summed E-state index contributed by atoms with van der Waals surface area (Å²) >= 11 is 0. The molecule has 0 bridgehead atoms. The number of hydrogen-bond acceptors (Lipinski definition) is 6. The van der Waals surface area contributed by atoms with E-state index >= 15 is 0 Å². The first kappa shape index (κ1) is 16.0. The van der Waals surface area contributed by atoms with Crippen LogP contribution in [-0.2, 0) is 20.6 Å². The molecule has 1 aliphatic rings. The maximum atomic E-state index is 12.3. The van der Waals surface area contributed by atoms with Gasteiger partial charge < -0.3 is 4.90 Å². The molecule has 0 radical (unpaired) electrons. The molecule has 1 atom stereocenters. The van der Waals surface area contributed by atoms with E-state index in [4.69, 9.17) is 0 Å². The summed E-state index contributed by atoms with van der Waals surface area (Å²) in [6, 6.07) is 2.03. The van der Waals surface area contributed by atoms with Crippen molar-refractivity contribution >= 4 is 5.82 Å². The SMILES string of the molecule is Cn1c(N2CCCC[C@@H]2Cn2cncn2)c(C#N)c(=O)n(C)c1=O. The molecule has 1 saturated heterocycles. The lowest BCUT2D eigenvalue weighted by Crippen LogP contribution is -2.48. The molecule has 0 aliphatic carbocycles. The van der Waals surface area contributed by atoms with Crippen molar-refractivity contribution in [2.45, 2.75) is 31.8 Å². The van der Waals surface area contributed by atoms with Crippen LogP contribution in [0, 0.1) is 11.3 Å². The van der Waals surface area contributed by atoms with Crippen molar-refractivity contribution in [1.29, 1.82) is 5.26 Å². The highest BCUT2D eigenvalue weighted by molar-refractivity contribution is 5.54. The topological polar surface area (TPSA) is 102 Å². The Bertz CT molecular complexity index is 888. The Morgan fingerprint density at radius 2 is 2.08 bits per heavy atom. The summed E-state index contributed by atoms with van der Waals surface area (Å²) in [4.78, 5) is 30.6. The predicted octanol–water partition coefficient (Wildman–Crippen LogP) is -0.394. The maximum absolute atomic E-state index is 12.3. The predicted molar refractivity (Wildman–Crippen MR) is 86.6 cm³/mol. The minimum Gasteiger partial charge on any atom is -0.352 e. The van der Waals surface area contributed by atoms with E-state index in [9.17, 15) is 14.9 Å². The van der Waals surface area contributed by atoms with E-state index in [2.05, 4.69) is 10.1 Å². The molecule has 1 fully saturated rings. The second-order valence-electron chi connectivity index (χ2n) is 5.98. The van der Waals surface area contributed by atoms with Gasteiger partial charge in [0, 0.05) is 20.6 Å². The van der Waals surface area contributed by atoms with Gasteiger partial charge in [-0.05, 0) is 19.3 Å². The van der Waals surface area contributed by atoms with E-state index in [1.54, 1.807) is 18.1 Å². The normalized spacial score (nSPS) is 17.7. The zero-order chi connectivity index (χ0) is 17.3. The van der Waals surface area contributed by atoms with Gasteiger partial charge in [-0.2, -0.15) is 10.4 Å². The Hall–Kier alpha value is -2.89. The van der Waals surface area contributed by atoms with Crippen LogP contribution in [0.15, 0.2) is 22.2 Å². The molecule has 3 rings (SSSR count). The maximum Gasteiger partial charge on any atom is 0.332 e. The van der Waals surface area contributed by atoms with Crippen LogP contribution in [0.2, 0.25) is 0 Å². The minimum absolute atomic E-state index is 0.00471. The van der Waals surface area contributed by atoms with Crippen LogP contribution in [-0.4, -0.2) is 36.5 Å². The van der Waals surface area contributed by atoms with Crippen LogP contribution in [0.25, 0.3) is 0 Å². The van der Waals surface area contributed by atoms with Crippen molar-refractivity contribution in [3.05, 3.63) is 39.1 Å². The van der Waals surface area contributed by atoms with Crippen molar-refractivity contribution in [3.63, 3.8) is 0 Å². The van der Waals surface area contributed by atoms with Gasteiger partial charge in [-0.25, -0.2) is 9.78 Å². The van der Waals surface area contributed by atoms with Gasteiger partial charge in [0.25, 0.3) is 5.56 Å². The Kier molecular flexibility index (Phi) is 4.20. The monoisotopic (exact) mass is 329 g/mol. The third kappa shape index (κ3) is 2.60. The number of piperidine rings is 1. The Balaban J connectivity index is 2.10. The van der Waals surface area contributed by atoms with Crippen LogP contribution < -0.4 is 16.1 Å². The molecule has 3 heterocycles. The van der Waals surface area contributed by atoms with E-state index in [-0.39, 0.29) is 11.6 Å². The van der Waals surface area contributed by atoms with E-state index in [0.717, 1.165) is 23.8 Å². The third-order valence-corrected chi connectivity index (χ3v) is 4.51. The Morgan fingerprint density at radius 1 is 1.29 bits per heavy atom. The van der Waals surface area contributed by atoms with Gasteiger partial charge >= 0.3 is 5.69 Å². The summed E-state index contributed by atoms with van der Waals surface area (Å²) in [6.07, 6.45) is 6.01. The summed E-state index contributed by atoms with van der Waals surface area (Å²) in [5.74, 6) is 0.399. The molecule has 2 aromatic rings. The molecule has 0 spiro atoms.